The predicted molar refractivity (Wildman–Crippen MR) is 110 cm³/mol. The fraction of sp³-hybridized carbons (Fsp3) is 0.421. The average Bonchev–Trinajstić information content (AvgIpc) is 2.64. The summed E-state index contributed by atoms with van der Waals surface area (Å²) in [6, 6.07) is 5.98. The number of para-hydroxylation sites is 1. The third-order valence-electron chi connectivity index (χ3n) is 4.89. The van der Waals surface area contributed by atoms with Crippen molar-refractivity contribution in [2.75, 3.05) is 42.9 Å². The minimum atomic E-state index is -0.150. The van der Waals surface area contributed by atoms with Gasteiger partial charge in [0.15, 0.2) is 0 Å². The van der Waals surface area contributed by atoms with Crippen molar-refractivity contribution in [1.82, 2.24) is 14.7 Å². The molecule has 0 atom stereocenters. The molecule has 1 aliphatic rings. The molecular formula is C19H24BrN5O2. The first kappa shape index (κ1) is 19.6. The SMILES string of the molecule is Cc1cccc(C)c1NC(=O)CN1CCN(c2cnn(C)c(=O)c2Br)CC1. The third-order valence-corrected chi connectivity index (χ3v) is 5.63. The molecule has 2 heterocycles. The van der Waals surface area contributed by atoms with E-state index in [1.165, 1.54) is 4.68 Å². The van der Waals surface area contributed by atoms with Gasteiger partial charge in [-0.3, -0.25) is 14.5 Å². The summed E-state index contributed by atoms with van der Waals surface area (Å²) in [4.78, 5) is 28.7. The van der Waals surface area contributed by atoms with E-state index in [1.54, 1.807) is 13.2 Å². The van der Waals surface area contributed by atoms with Crippen LogP contribution in [0.2, 0.25) is 0 Å². The Morgan fingerprint density at radius 3 is 2.44 bits per heavy atom. The van der Waals surface area contributed by atoms with Crippen LogP contribution in [0.3, 0.4) is 0 Å². The minimum Gasteiger partial charge on any atom is -0.367 e. The van der Waals surface area contributed by atoms with Gasteiger partial charge in [-0.15, -0.1) is 0 Å². The molecule has 2 aromatic rings. The molecule has 3 rings (SSSR count). The van der Waals surface area contributed by atoms with Gasteiger partial charge in [-0.1, -0.05) is 18.2 Å². The van der Waals surface area contributed by atoms with Gasteiger partial charge in [0.1, 0.15) is 4.47 Å². The van der Waals surface area contributed by atoms with Crippen LogP contribution in [0, 0.1) is 13.8 Å². The van der Waals surface area contributed by atoms with Crippen LogP contribution in [0.1, 0.15) is 11.1 Å². The molecule has 0 aliphatic carbocycles. The number of halogens is 1. The van der Waals surface area contributed by atoms with Crippen LogP contribution in [-0.2, 0) is 11.8 Å². The molecule has 27 heavy (non-hydrogen) atoms. The maximum absolute atomic E-state index is 12.4. The van der Waals surface area contributed by atoms with Crippen molar-refractivity contribution in [3.8, 4) is 0 Å². The number of nitrogens with one attached hydrogen (secondary N) is 1. The van der Waals surface area contributed by atoms with Crippen molar-refractivity contribution < 1.29 is 4.79 Å². The molecule has 1 aliphatic heterocycles. The van der Waals surface area contributed by atoms with Crippen LogP contribution in [0.25, 0.3) is 0 Å². The maximum atomic E-state index is 12.4. The Labute approximate surface area is 167 Å². The highest BCUT2D eigenvalue weighted by molar-refractivity contribution is 9.10. The summed E-state index contributed by atoms with van der Waals surface area (Å²) in [5.74, 6) is -0.00252. The van der Waals surface area contributed by atoms with Crippen LogP contribution < -0.4 is 15.8 Å². The molecule has 1 aromatic heterocycles. The molecule has 0 unspecified atom stereocenters. The summed E-state index contributed by atoms with van der Waals surface area (Å²) in [7, 11) is 1.63. The van der Waals surface area contributed by atoms with E-state index < -0.39 is 0 Å². The Kier molecular flexibility index (Phi) is 5.96. The molecule has 0 radical (unpaired) electrons. The number of hydrogen-bond donors (Lipinski definition) is 1. The fourth-order valence-electron chi connectivity index (χ4n) is 3.26. The van der Waals surface area contributed by atoms with Crippen LogP contribution in [0.5, 0.6) is 0 Å². The zero-order chi connectivity index (χ0) is 19.6. The standard InChI is InChI=1S/C19H24BrN5O2/c1-13-5-4-6-14(2)18(13)22-16(26)12-24-7-9-25(10-8-24)15-11-21-23(3)19(27)17(15)20/h4-6,11H,7-10,12H2,1-3H3,(H,22,26). The monoisotopic (exact) mass is 433 g/mol. The zero-order valence-electron chi connectivity index (χ0n) is 15.8. The molecule has 144 valence electrons. The second-order valence-corrected chi connectivity index (χ2v) is 7.64. The number of aryl methyl sites for hydroxylation is 3. The van der Waals surface area contributed by atoms with Gasteiger partial charge in [-0.2, -0.15) is 5.10 Å². The van der Waals surface area contributed by atoms with Gasteiger partial charge < -0.3 is 10.2 Å². The molecule has 1 saturated heterocycles. The number of rotatable bonds is 4. The van der Waals surface area contributed by atoms with Crippen LogP contribution in [0.4, 0.5) is 11.4 Å². The summed E-state index contributed by atoms with van der Waals surface area (Å²) in [6.07, 6.45) is 1.70. The molecule has 8 heteroatoms. The van der Waals surface area contributed by atoms with Crippen molar-refractivity contribution in [3.63, 3.8) is 0 Å². The van der Waals surface area contributed by atoms with Crippen molar-refractivity contribution in [2.24, 2.45) is 7.05 Å². The number of anilines is 2. The molecule has 1 N–H and O–H groups in total. The van der Waals surface area contributed by atoms with Crippen LogP contribution in [0.15, 0.2) is 33.7 Å². The number of carbonyl (C=O) groups is 1. The lowest BCUT2D eigenvalue weighted by molar-refractivity contribution is -0.117. The summed E-state index contributed by atoms with van der Waals surface area (Å²) in [5, 5.41) is 7.14. The quantitative estimate of drug-likeness (QED) is 0.797. The first-order valence-corrected chi connectivity index (χ1v) is 9.71. The topological polar surface area (TPSA) is 70.5 Å². The van der Waals surface area contributed by atoms with Gasteiger partial charge in [0, 0.05) is 38.9 Å². The largest absolute Gasteiger partial charge is 0.367 e. The Morgan fingerprint density at radius 1 is 1.19 bits per heavy atom. The number of hydrogen-bond acceptors (Lipinski definition) is 5. The highest BCUT2D eigenvalue weighted by Crippen LogP contribution is 2.23. The lowest BCUT2D eigenvalue weighted by Gasteiger charge is -2.35. The normalized spacial score (nSPS) is 15.0. The number of aromatic nitrogens is 2. The van der Waals surface area contributed by atoms with E-state index >= 15 is 0 Å². The van der Waals surface area contributed by atoms with E-state index in [0.29, 0.717) is 11.0 Å². The summed E-state index contributed by atoms with van der Waals surface area (Å²) < 4.78 is 1.84. The smallest absolute Gasteiger partial charge is 0.282 e. The second kappa shape index (κ2) is 8.22. The van der Waals surface area contributed by atoms with Gasteiger partial charge in [0.25, 0.3) is 5.56 Å². The molecule has 7 nitrogen and oxygen atoms in total. The highest BCUT2D eigenvalue weighted by atomic mass is 79.9. The van der Waals surface area contributed by atoms with Crippen molar-refractivity contribution in [2.45, 2.75) is 13.8 Å². The van der Waals surface area contributed by atoms with E-state index in [0.717, 1.165) is 48.7 Å². The molecule has 1 amide bonds. The Hall–Kier alpha value is -2.19. The molecule has 0 saturated carbocycles. The van der Waals surface area contributed by atoms with E-state index in [9.17, 15) is 9.59 Å². The number of carbonyl (C=O) groups excluding carboxylic acids is 1. The summed E-state index contributed by atoms with van der Waals surface area (Å²) >= 11 is 3.38. The lowest BCUT2D eigenvalue weighted by Crippen LogP contribution is -2.49. The number of amides is 1. The number of piperazine rings is 1. The van der Waals surface area contributed by atoms with Crippen molar-refractivity contribution in [1.29, 1.82) is 0 Å². The molecule has 0 spiro atoms. The average molecular weight is 434 g/mol. The van der Waals surface area contributed by atoms with E-state index in [-0.39, 0.29) is 11.5 Å². The molecular weight excluding hydrogens is 410 g/mol. The predicted octanol–water partition coefficient (Wildman–Crippen LogP) is 1.92. The van der Waals surface area contributed by atoms with Crippen LogP contribution >= 0.6 is 15.9 Å². The Balaban J connectivity index is 1.58. The molecule has 1 fully saturated rings. The second-order valence-electron chi connectivity index (χ2n) is 6.85. The van der Waals surface area contributed by atoms with E-state index in [2.05, 4.69) is 36.1 Å². The number of benzene rings is 1. The van der Waals surface area contributed by atoms with Crippen LogP contribution in [-0.4, -0.2) is 53.3 Å². The zero-order valence-corrected chi connectivity index (χ0v) is 17.4. The third kappa shape index (κ3) is 4.39. The van der Waals surface area contributed by atoms with Gasteiger partial charge in [-0.05, 0) is 40.9 Å². The van der Waals surface area contributed by atoms with E-state index in [4.69, 9.17) is 0 Å². The minimum absolute atomic E-state index is 0.00252. The van der Waals surface area contributed by atoms with Gasteiger partial charge in [0.2, 0.25) is 5.91 Å². The molecule has 0 bridgehead atoms. The summed E-state index contributed by atoms with van der Waals surface area (Å²) in [6.45, 7) is 7.34. The fourth-order valence-corrected chi connectivity index (χ4v) is 3.87. The van der Waals surface area contributed by atoms with Crippen molar-refractivity contribution in [3.05, 3.63) is 50.3 Å². The van der Waals surface area contributed by atoms with Gasteiger partial charge >= 0.3 is 0 Å². The van der Waals surface area contributed by atoms with Gasteiger partial charge in [0.05, 0.1) is 18.4 Å². The Bertz CT molecular complexity index is 883. The maximum Gasteiger partial charge on any atom is 0.282 e. The lowest BCUT2D eigenvalue weighted by atomic mass is 10.1. The first-order chi connectivity index (χ1) is 12.9. The Morgan fingerprint density at radius 2 is 1.81 bits per heavy atom. The number of nitrogens with zero attached hydrogens (tertiary/aromatic N) is 4. The van der Waals surface area contributed by atoms with E-state index in [1.807, 2.05) is 32.0 Å². The highest BCUT2D eigenvalue weighted by Gasteiger charge is 2.22. The van der Waals surface area contributed by atoms with Gasteiger partial charge in [-0.25, -0.2) is 4.68 Å². The van der Waals surface area contributed by atoms with Crippen molar-refractivity contribution >= 4 is 33.2 Å². The molecule has 1 aromatic carbocycles. The summed E-state index contributed by atoms with van der Waals surface area (Å²) in [5.41, 5.74) is 3.68. The first-order valence-electron chi connectivity index (χ1n) is 8.92.